The van der Waals surface area contributed by atoms with Crippen molar-refractivity contribution in [3.05, 3.63) is 54.0 Å². The van der Waals surface area contributed by atoms with E-state index in [9.17, 15) is 4.79 Å². The van der Waals surface area contributed by atoms with Gasteiger partial charge in [-0.25, -0.2) is 9.97 Å². The van der Waals surface area contributed by atoms with Crippen molar-refractivity contribution in [2.75, 3.05) is 13.1 Å². The number of nitrogens with zero attached hydrogens (tertiary/aromatic N) is 6. The summed E-state index contributed by atoms with van der Waals surface area (Å²) in [7, 11) is 0. The van der Waals surface area contributed by atoms with E-state index < -0.39 is 0 Å². The number of aromatic nitrogens is 5. The molecule has 4 rings (SSSR count). The molecule has 0 aliphatic carbocycles. The summed E-state index contributed by atoms with van der Waals surface area (Å²) in [6.45, 7) is 3.52. The molecule has 0 aromatic carbocycles. The molecule has 1 aliphatic heterocycles. The van der Waals surface area contributed by atoms with Crippen LogP contribution in [0.15, 0.2) is 36.9 Å². The molecule has 7 nitrogen and oxygen atoms in total. The van der Waals surface area contributed by atoms with Crippen molar-refractivity contribution in [2.24, 2.45) is 0 Å². The monoisotopic (exact) mass is 350 g/mol. The zero-order chi connectivity index (χ0) is 17.9. The Kier molecular flexibility index (Phi) is 4.60. The maximum absolute atomic E-state index is 12.9. The number of likely N-dealkylation sites (tertiary alicyclic amines) is 1. The summed E-state index contributed by atoms with van der Waals surface area (Å²) in [5, 5.41) is 8.62. The Hall–Kier alpha value is -2.83. The Bertz CT molecular complexity index is 913. The zero-order valence-corrected chi connectivity index (χ0v) is 14.9. The van der Waals surface area contributed by atoms with Gasteiger partial charge in [-0.1, -0.05) is 19.4 Å². The van der Waals surface area contributed by atoms with Gasteiger partial charge in [0.2, 0.25) is 0 Å². The first-order chi connectivity index (χ1) is 12.8. The van der Waals surface area contributed by atoms with Crippen molar-refractivity contribution in [3.63, 3.8) is 0 Å². The van der Waals surface area contributed by atoms with Gasteiger partial charge >= 0.3 is 0 Å². The number of carbonyl (C=O) groups excluding carboxylic acids is 1. The minimum absolute atomic E-state index is 0.0404. The van der Waals surface area contributed by atoms with Gasteiger partial charge < -0.3 is 4.90 Å². The predicted molar refractivity (Wildman–Crippen MR) is 96.9 cm³/mol. The largest absolute Gasteiger partial charge is 0.338 e. The van der Waals surface area contributed by atoms with Gasteiger partial charge in [0.1, 0.15) is 12.2 Å². The number of piperidine rings is 1. The minimum Gasteiger partial charge on any atom is -0.338 e. The summed E-state index contributed by atoms with van der Waals surface area (Å²) in [6.07, 6.45) is 8.70. The van der Waals surface area contributed by atoms with Crippen LogP contribution in [0.5, 0.6) is 0 Å². The number of hydrogen-bond acceptors (Lipinski definition) is 5. The Morgan fingerprint density at radius 1 is 1.23 bits per heavy atom. The minimum atomic E-state index is 0.0404. The summed E-state index contributed by atoms with van der Waals surface area (Å²) < 4.78 is 2.05. The summed E-state index contributed by atoms with van der Waals surface area (Å²) in [6, 6.07) is 5.91. The maximum Gasteiger partial charge on any atom is 0.257 e. The van der Waals surface area contributed by atoms with E-state index in [1.165, 1.54) is 6.33 Å². The van der Waals surface area contributed by atoms with Crippen molar-refractivity contribution in [1.29, 1.82) is 0 Å². The lowest BCUT2D eigenvalue weighted by Gasteiger charge is -2.31. The standard InChI is InChI=1S/C19H22N6O/c1-2-5-16-15(12-20-13-21-16)19(26)24-10-7-14(8-11-24)18-23-22-17-6-3-4-9-25(17)18/h3-4,6,9,12-14H,2,5,7-8,10-11H2,1H3. The second-order valence-corrected chi connectivity index (χ2v) is 6.69. The fraction of sp³-hybridized carbons (Fsp3) is 0.421. The van der Waals surface area contributed by atoms with Crippen molar-refractivity contribution >= 4 is 11.6 Å². The van der Waals surface area contributed by atoms with Crippen molar-refractivity contribution in [2.45, 2.75) is 38.5 Å². The molecule has 26 heavy (non-hydrogen) atoms. The van der Waals surface area contributed by atoms with Gasteiger partial charge in [-0.15, -0.1) is 10.2 Å². The fourth-order valence-electron chi connectivity index (χ4n) is 3.62. The van der Waals surface area contributed by atoms with Gasteiger partial charge in [-0.2, -0.15) is 0 Å². The first-order valence-electron chi connectivity index (χ1n) is 9.15. The average Bonchev–Trinajstić information content (AvgIpc) is 3.12. The highest BCUT2D eigenvalue weighted by Gasteiger charge is 2.28. The second-order valence-electron chi connectivity index (χ2n) is 6.69. The van der Waals surface area contributed by atoms with Crippen molar-refractivity contribution in [1.82, 2.24) is 29.5 Å². The van der Waals surface area contributed by atoms with Crippen LogP contribution in [0.1, 0.15) is 54.0 Å². The third-order valence-electron chi connectivity index (χ3n) is 5.00. The first-order valence-corrected chi connectivity index (χ1v) is 9.15. The summed E-state index contributed by atoms with van der Waals surface area (Å²) in [5.74, 6) is 1.35. The zero-order valence-electron chi connectivity index (χ0n) is 14.9. The van der Waals surface area contributed by atoms with E-state index in [0.717, 1.165) is 42.8 Å². The molecular formula is C19H22N6O. The Labute approximate surface area is 152 Å². The number of rotatable bonds is 4. The van der Waals surface area contributed by atoms with Crippen LogP contribution in [-0.4, -0.2) is 48.5 Å². The van der Waals surface area contributed by atoms with E-state index in [0.29, 0.717) is 24.6 Å². The van der Waals surface area contributed by atoms with E-state index >= 15 is 0 Å². The van der Waals surface area contributed by atoms with Crippen LogP contribution < -0.4 is 0 Å². The third kappa shape index (κ3) is 3.05. The van der Waals surface area contributed by atoms with Gasteiger partial charge in [0.25, 0.3) is 5.91 Å². The molecule has 0 N–H and O–H groups in total. The molecule has 0 bridgehead atoms. The highest BCUT2D eigenvalue weighted by atomic mass is 16.2. The van der Waals surface area contributed by atoms with Crippen LogP contribution in [-0.2, 0) is 6.42 Å². The lowest BCUT2D eigenvalue weighted by Crippen LogP contribution is -2.38. The maximum atomic E-state index is 12.9. The lowest BCUT2D eigenvalue weighted by molar-refractivity contribution is 0.0708. The number of hydrogen-bond donors (Lipinski definition) is 0. The molecule has 3 aromatic rings. The van der Waals surface area contributed by atoms with E-state index in [4.69, 9.17) is 0 Å². The molecular weight excluding hydrogens is 328 g/mol. The molecule has 0 radical (unpaired) electrons. The molecule has 134 valence electrons. The van der Waals surface area contributed by atoms with Gasteiger partial charge in [0.15, 0.2) is 5.65 Å². The van der Waals surface area contributed by atoms with Crippen LogP contribution >= 0.6 is 0 Å². The quantitative estimate of drug-likeness (QED) is 0.722. The molecule has 4 heterocycles. The second kappa shape index (κ2) is 7.19. The third-order valence-corrected chi connectivity index (χ3v) is 5.00. The number of amides is 1. The molecule has 1 amide bonds. The number of fused-ring (bicyclic) bond motifs is 1. The van der Waals surface area contributed by atoms with Gasteiger partial charge in [-0.3, -0.25) is 9.20 Å². The molecule has 0 unspecified atom stereocenters. The molecule has 0 saturated carbocycles. The molecule has 1 saturated heterocycles. The SMILES string of the molecule is CCCc1ncncc1C(=O)N1CCC(c2nnc3ccccn23)CC1. The number of carbonyl (C=O) groups is 1. The number of aryl methyl sites for hydroxylation is 1. The Morgan fingerprint density at radius 2 is 2.08 bits per heavy atom. The molecule has 0 spiro atoms. The average molecular weight is 350 g/mol. The highest BCUT2D eigenvalue weighted by Crippen LogP contribution is 2.28. The predicted octanol–water partition coefficient (Wildman–Crippen LogP) is 2.49. The molecule has 3 aromatic heterocycles. The van der Waals surface area contributed by atoms with E-state index in [1.54, 1.807) is 6.20 Å². The van der Waals surface area contributed by atoms with Crippen LogP contribution in [0.3, 0.4) is 0 Å². The molecule has 1 fully saturated rings. The summed E-state index contributed by atoms with van der Waals surface area (Å²) in [5.41, 5.74) is 2.35. The van der Waals surface area contributed by atoms with Crippen LogP contribution in [0, 0.1) is 0 Å². The van der Waals surface area contributed by atoms with Gasteiger partial charge in [0.05, 0.1) is 11.3 Å². The Balaban J connectivity index is 1.48. The van der Waals surface area contributed by atoms with Gasteiger partial charge in [0, 0.05) is 31.4 Å². The van der Waals surface area contributed by atoms with Crippen molar-refractivity contribution < 1.29 is 4.79 Å². The van der Waals surface area contributed by atoms with E-state index in [-0.39, 0.29) is 5.91 Å². The summed E-state index contributed by atoms with van der Waals surface area (Å²) >= 11 is 0. The smallest absolute Gasteiger partial charge is 0.257 e. The lowest BCUT2D eigenvalue weighted by atomic mass is 9.95. The molecule has 0 atom stereocenters. The van der Waals surface area contributed by atoms with E-state index in [1.807, 2.05) is 33.7 Å². The topological polar surface area (TPSA) is 76.3 Å². The van der Waals surface area contributed by atoms with Crippen LogP contribution in [0.25, 0.3) is 5.65 Å². The molecule has 1 aliphatic rings. The Morgan fingerprint density at radius 3 is 2.88 bits per heavy atom. The van der Waals surface area contributed by atoms with Crippen molar-refractivity contribution in [3.8, 4) is 0 Å². The first kappa shape index (κ1) is 16.6. The van der Waals surface area contributed by atoms with Gasteiger partial charge in [-0.05, 0) is 31.4 Å². The van der Waals surface area contributed by atoms with Crippen LogP contribution in [0.4, 0.5) is 0 Å². The normalized spacial score (nSPS) is 15.5. The summed E-state index contributed by atoms with van der Waals surface area (Å²) in [4.78, 5) is 23.2. The molecule has 7 heteroatoms. The fourth-order valence-corrected chi connectivity index (χ4v) is 3.62. The highest BCUT2D eigenvalue weighted by molar-refractivity contribution is 5.95. The number of pyridine rings is 1. The van der Waals surface area contributed by atoms with E-state index in [2.05, 4.69) is 27.1 Å². The van der Waals surface area contributed by atoms with Crippen LogP contribution in [0.2, 0.25) is 0 Å².